The van der Waals surface area contributed by atoms with Crippen LogP contribution in [0.5, 0.6) is 17.2 Å². The van der Waals surface area contributed by atoms with Crippen molar-refractivity contribution in [3.63, 3.8) is 0 Å². The molecule has 184 valence electrons. The number of nitrogens with two attached hydrogens (primary N) is 1. The minimum Gasteiger partial charge on any atom is -0.493 e. The number of carbonyl (C=O) groups excluding carboxylic acids is 2. The Morgan fingerprint density at radius 3 is 2.09 bits per heavy atom. The summed E-state index contributed by atoms with van der Waals surface area (Å²) in [6.07, 6.45) is 0. The highest BCUT2D eigenvalue weighted by Gasteiger charge is 2.24. The normalized spacial score (nSPS) is 10.5. The van der Waals surface area contributed by atoms with Crippen LogP contribution in [0.25, 0.3) is 0 Å². The molecule has 2 N–H and O–H groups in total. The summed E-state index contributed by atoms with van der Waals surface area (Å²) in [5.74, 6) is -1.32. The molecular weight excluding hydrogens is 458 g/mol. The Bertz CT molecular complexity index is 1350. The minimum atomic E-state index is -0.884. The average Bonchev–Trinajstić information content (AvgIpc) is 2.88. The molecule has 0 bridgehead atoms. The van der Waals surface area contributed by atoms with E-state index < -0.39 is 35.2 Å². The first kappa shape index (κ1) is 25.1. The van der Waals surface area contributed by atoms with Gasteiger partial charge < -0.3 is 24.7 Å². The molecule has 0 aliphatic heterocycles. The van der Waals surface area contributed by atoms with Gasteiger partial charge in [-0.1, -0.05) is 30.3 Å². The highest BCUT2D eigenvalue weighted by molar-refractivity contribution is 6.02. The number of methoxy groups -OCH3 is 3. The van der Waals surface area contributed by atoms with Gasteiger partial charge in [0.25, 0.3) is 5.56 Å². The lowest BCUT2D eigenvalue weighted by atomic mass is 10.1. The van der Waals surface area contributed by atoms with Crippen molar-refractivity contribution in [2.24, 2.45) is 7.05 Å². The second-order valence-corrected chi connectivity index (χ2v) is 7.39. The maximum atomic E-state index is 12.9. The molecule has 0 aliphatic rings. The van der Waals surface area contributed by atoms with Gasteiger partial charge in [0.2, 0.25) is 11.5 Å². The van der Waals surface area contributed by atoms with E-state index in [4.69, 9.17) is 24.7 Å². The average molecular weight is 483 g/mol. The van der Waals surface area contributed by atoms with Gasteiger partial charge in [-0.2, -0.15) is 0 Å². The number of hydrogen-bond donors (Lipinski definition) is 1. The zero-order valence-corrected chi connectivity index (χ0v) is 19.7. The van der Waals surface area contributed by atoms with E-state index in [9.17, 15) is 19.2 Å². The van der Waals surface area contributed by atoms with Gasteiger partial charge in [0.1, 0.15) is 11.4 Å². The molecule has 0 amide bonds. The molecule has 0 saturated carbocycles. The Morgan fingerprint density at radius 2 is 1.54 bits per heavy atom. The molecule has 11 nitrogen and oxygen atoms in total. The number of ether oxygens (including phenoxy) is 4. The van der Waals surface area contributed by atoms with Gasteiger partial charge in [-0.05, 0) is 17.7 Å². The van der Waals surface area contributed by atoms with E-state index in [1.807, 2.05) is 6.07 Å². The van der Waals surface area contributed by atoms with Crippen molar-refractivity contribution < 1.29 is 28.5 Å². The van der Waals surface area contributed by atoms with Crippen molar-refractivity contribution in [3.05, 3.63) is 80.0 Å². The smallest absolute Gasteiger partial charge is 0.338 e. The molecule has 0 atom stereocenters. The number of nitrogen functional groups attached to an aromatic ring is 1. The Hall–Kier alpha value is -4.54. The molecule has 3 rings (SSSR count). The lowest BCUT2D eigenvalue weighted by Crippen LogP contribution is -2.43. The number of carbonyl (C=O) groups is 2. The fraction of sp³-hybridized carbons (Fsp3) is 0.250. The summed E-state index contributed by atoms with van der Waals surface area (Å²) in [4.78, 5) is 50.8. The van der Waals surface area contributed by atoms with Crippen molar-refractivity contribution in [2.45, 2.75) is 6.54 Å². The van der Waals surface area contributed by atoms with Crippen LogP contribution in [0.15, 0.2) is 52.1 Å². The van der Waals surface area contributed by atoms with E-state index >= 15 is 0 Å². The van der Waals surface area contributed by atoms with E-state index in [1.165, 1.54) is 40.5 Å². The van der Waals surface area contributed by atoms with Gasteiger partial charge in [-0.15, -0.1) is 0 Å². The van der Waals surface area contributed by atoms with Crippen LogP contribution >= 0.6 is 0 Å². The van der Waals surface area contributed by atoms with Crippen LogP contribution in [0.3, 0.4) is 0 Å². The molecule has 0 aliphatic carbocycles. The molecule has 3 aromatic rings. The summed E-state index contributed by atoms with van der Waals surface area (Å²) in [7, 11) is 5.43. The summed E-state index contributed by atoms with van der Waals surface area (Å²) in [6.45, 7) is -0.733. The Kier molecular flexibility index (Phi) is 7.59. The van der Waals surface area contributed by atoms with Gasteiger partial charge in [0, 0.05) is 7.05 Å². The van der Waals surface area contributed by atoms with Gasteiger partial charge in [0.05, 0.1) is 33.4 Å². The summed E-state index contributed by atoms with van der Waals surface area (Å²) < 4.78 is 22.7. The number of ketones is 1. The van der Waals surface area contributed by atoms with Crippen LogP contribution in [-0.2, 0) is 18.3 Å². The molecule has 0 spiro atoms. The maximum absolute atomic E-state index is 12.9. The van der Waals surface area contributed by atoms with E-state index in [-0.39, 0.29) is 35.2 Å². The quantitative estimate of drug-likeness (QED) is 0.351. The molecule has 35 heavy (non-hydrogen) atoms. The molecule has 1 aromatic heterocycles. The monoisotopic (exact) mass is 483 g/mol. The second-order valence-electron chi connectivity index (χ2n) is 7.39. The van der Waals surface area contributed by atoms with Crippen molar-refractivity contribution in [1.82, 2.24) is 9.13 Å². The van der Waals surface area contributed by atoms with Crippen LogP contribution in [0, 0.1) is 0 Å². The fourth-order valence-corrected chi connectivity index (χ4v) is 3.45. The predicted octanol–water partition coefficient (Wildman–Crippen LogP) is 1.24. The standard InChI is InChI=1S/C24H25N3O8/c1-26-22(29)19(21(25)27(24(26)31)12-14-8-6-5-7-9-14)16(28)13-35-23(30)15-10-17(32-2)20(34-4)18(11-15)33-3/h5-11H,12-13,25H2,1-4H3. The number of benzene rings is 2. The minimum absolute atomic E-state index is 0.0298. The van der Waals surface area contributed by atoms with E-state index in [0.717, 1.165) is 14.7 Å². The zero-order valence-electron chi connectivity index (χ0n) is 19.7. The third kappa shape index (κ3) is 5.03. The van der Waals surface area contributed by atoms with Crippen molar-refractivity contribution in [1.29, 1.82) is 0 Å². The predicted molar refractivity (Wildman–Crippen MR) is 127 cm³/mol. The number of rotatable bonds is 9. The van der Waals surface area contributed by atoms with Crippen LogP contribution in [0.1, 0.15) is 26.3 Å². The lowest BCUT2D eigenvalue weighted by Gasteiger charge is -2.15. The molecule has 0 saturated heterocycles. The second kappa shape index (κ2) is 10.6. The highest BCUT2D eigenvalue weighted by atomic mass is 16.5. The summed E-state index contributed by atoms with van der Waals surface area (Å²) >= 11 is 0. The van der Waals surface area contributed by atoms with Gasteiger partial charge in [0.15, 0.2) is 18.1 Å². The maximum Gasteiger partial charge on any atom is 0.338 e. The number of nitrogens with zero attached hydrogens (tertiary/aromatic N) is 2. The molecule has 2 aromatic carbocycles. The highest BCUT2D eigenvalue weighted by Crippen LogP contribution is 2.38. The van der Waals surface area contributed by atoms with Gasteiger partial charge >= 0.3 is 11.7 Å². The fourth-order valence-electron chi connectivity index (χ4n) is 3.45. The van der Waals surface area contributed by atoms with Crippen LogP contribution in [0.4, 0.5) is 5.82 Å². The first-order chi connectivity index (χ1) is 16.7. The van der Waals surface area contributed by atoms with E-state index in [1.54, 1.807) is 24.3 Å². The number of hydrogen-bond acceptors (Lipinski definition) is 9. The summed E-state index contributed by atoms with van der Waals surface area (Å²) in [5.41, 5.74) is 4.84. The van der Waals surface area contributed by atoms with Crippen molar-refractivity contribution >= 4 is 17.6 Å². The van der Waals surface area contributed by atoms with Crippen molar-refractivity contribution in [2.75, 3.05) is 33.7 Å². The number of aromatic nitrogens is 2. The molecular formula is C24H25N3O8. The largest absolute Gasteiger partial charge is 0.493 e. The first-order valence-electron chi connectivity index (χ1n) is 10.4. The third-order valence-electron chi connectivity index (χ3n) is 5.28. The number of esters is 1. The van der Waals surface area contributed by atoms with E-state index in [0.29, 0.717) is 0 Å². The van der Waals surface area contributed by atoms with Crippen LogP contribution in [0.2, 0.25) is 0 Å². The molecule has 0 unspecified atom stereocenters. The third-order valence-corrected chi connectivity index (χ3v) is 5.28. The molecule has 1 heterocycles. The number of anilines is 1. The van der Waals surface area contributed by atoms with Crippen molar-refractivity contribution in [3.8, 4) is 17.2 Å². The summed E-state index contributed by atoms with van der Waals surface area (Å²) in [6, 6.07) is 11.7. The molecule has 11 heteroatoms. The van der Waals surface area contributed by atoms with Gasteiger partial charge in [-0.25, -0.2) is 9.59 Å². The molecule has 0 radical (unpaired) electrons. The zero-order chi connectivity index (χ0) is 25.7. The Labute approximate surface area is 200 Å². The van der Waals surface area contributed by atoms with Crippen LogP contribution < -0.4 is 31.2 Å². The Morgan fingerprint density at radius 1 is 0.943 bits per heavy atom. The SMILES string of the molecule is COc1cc(C(=O)OCC(=O)c2c(N)n(Cc3ccccc3)c(=O)n(C)c2=O)cc(OC)c1OC. The number of Topliss-reactive ketones (excluding diaryl/α,β-unsaturated/α-hetero) is 1. The first-order valence-corrected chi connectivity index (χ1v) is 10.4. The molecule has 0 fully saturated rings. The van der Waals surface area contributed by atoms with E-state index in [2.05, 4.69) is 0 Å². The van der Waals surface area contributed by atoms with Gasteiger partial charge in [-0.3, -0.25) is 18.7 Å². The lowest BCUT2D eigenvalue weighted by molar-refractivity contribution is 0.0473. The Balaban J connectivity index is 1.89. The van der Waals surface area contributed by atoms with Crippen LogP contribution in [-0.4, -0.2) is 48.8 Å². The summed E-state index contributed by atoms with van der Waals surface area (Å²) in [5, 5.41) is 0. The topological polar surface area (TPSA) is 141 Å².